The van der Waals surface area contributed by atoms with Crippen molar-refractivity contribution < 1.29 is 14.3 Å². The van der Waals surface area contributed by atoms with Crippen LogP contribution in [0, 0.1) is 4.91 Å². The number of nitroso groups, excluding NO2 is 1. The standard InChI is InChI=1S/C26H31N3O4/c1-6-22-23(16-27-31)29(25(28-22)32-7-2)17-18-12-14-19(15-13-18)20-10-8-9-11-21(20)24(30)33-26(3,4)5/h8-15H,6-7,16-17H2,1-5H3. The number of benzene rings is 2. The summed E-state index contributed by atoms with van der Waals surface area (Å²) in [5, 5.41) is 3.09. The van der Waals surface area contributed by atoms with Gasteiger partial charge >= 0.3 is 5.97 Å². The van der Waals surface area contributed by atoms with Gasteiger partial charge in [-0.05, 0) is 56.9 Å². The van der Waals surface area contributed by atoms with E-state index in [-0.39, 0.29) is 12.5 Å². The molecule has 0 aliphatic carbocycles. The Morgan fingerprint density at radius 2 is 1.76 bits per heavy atom. The highest BCUT2D eigenvalue weighted by Crippen LogP contribution is 2.27. The largest absolute Gasteiger partial charge is 0.465 e. The Morgan fingerprint density at radius 1 is 1.06 bits per heavy atom. The van der Waals surface area contributed by atoms with Crippen molar-refractivity contribution in [2.24, 2.45) is 5.18 Å². The van der Waals surface area contributed by atoms with Crippen LogP contribution >= 0.6 is 0 Å². The zero-order chi connectivity index (χ0) is 24.0. The Balaban J connectivity index is 1.91. The molecule has 0 fully saturated rings. The first-order chi connectivity index (χ1) is 15.8. The molecule has 0 N–H and O–H groups in total. The number of imidazole rings is 1. The van der Waals surface area contributed by atoms with Crippen LogP contribution in [0.2, 0.25) is 0 Å². The molecular weight excluding hydrogens is 418 g/mol. The molecule has 1 aromatic heterocycles. The second-order valence-electron chi connectivity index (χ2n) is 8.69. The van der Waals surface area contributed by atoms with Crippen molar-refractivity contribution in [1.29, 1.82) is 0 Å². The number of carbonyl (C=O) groups excluding carboxylic acids is 1. The third kappa shape index (κ3) is 5.86. The number of aromatic nitrogens is 2. The molecule has 0 amide bonds. The van der Waals surface area contributed by atoms with Crippen LogP contribution in [0.1, 0.15) is 61.9 Å². The number of hydrogen-bond acceptors (Lipinski definition) is 6. The third-order valence-corrected chi connectivity index (χ3v) is 5.09. The summed E-state index contributed by atoms with van der Waals surface area (Å²) in [5.41, 5.74) is 4.30. The topological polar surface area (TPSA) is 82.8 Å². The molecule has 0 aliphatic rings. The van der Waals surface area contributed by atoms with Crippen LogP contribution in [0.25, 0.3) is 11.1 Å². The molecule has 0 spiro atoms. The minimum atomic E-state index is -0.567. The molecule has 0 bridgehead atoms. The van der Waals surface area contributed by atoms with E-state index in [4.69, 9.17) is 9.47 Å². The molecule has 33 heavy (non-hydrogen) atoms. The number of carbonyl (C=O) groups is 1. The van der Waals surface area contributed by atoms with Gasteiger partial charge in [0.1, 0.15) is 12.1 Å². The van der Waals surface area contributed by atoms with E-state index in [1.807, 2.05) is 81.7 Å². The molecule has 0 saturated carbocycles. The number of nitrogens with zero attached hydrogens (tertiary/aromatic N) is 3. The summed E-state index contributed by atoms with van der Waals surface area (Å²) in [6, 6.07) is 15.9. The van der Waals surface area contributed by atoms with Gasteiger partial charge in [-0.15, -0.1) is 0 Å². The first kappa shape index (κ1) is 24.2. The Labute approximate surface area is 194 Å². The summed E-state index contributed by atoms with van der Waals surface area (Å²) >= 11 is 0. The van der Waals surface area contributed by atoms with Gasteiger partial charge in [0, 0.05) is 0 Å². The number of rotatable bonds is 9. The maximum absolute atomic E-state index is 12.7. The van der Waals surface area contributed by atoms with Crippen molar-refractivity contribution in [2.45, 2.75) is 59.7 Å². The van der Waals surface area contributed by atoms with Crippen molar-refractivity contribution in [3.05, 3.63) is 76.0 Å². The van der Waals surface area contributed by atoms with E-state index in [1.165, 1.54) is 0 Å². The molecule has 0 unspecified atom stereocenters. The van der Waals surface area contributed by atoms with Crippen molar-refractivity contribution >= 4 is 5.97 Å². The lowest BCUT2D eigenvalue weighted by Crippen LogP contribution is -2.24. The molecule has 0 saturated heterocycles. The molecule has 2 aromatic carbocycles. The van der Waals surface area contributed by atoms with Crippen LogP contribution in [0.4, 0.5) is 0 Å². The van der Waals surface area contributed by atoms with Gasteiger partial charge in [0.2, 0.25) is 0 Å². The molecule has 7 heteroatoms. The van der Waals surface area contributed by atoms with Crippen molar-refractivity contribution in [1.82, 2.24) is 9.55 Å². The summed E-state index contributed by atoms with van der Waals surface area (Å²) in [4.78, 5) is 28.3. The van der Waals surface area contributed by atoms with Crippen LogP contribution < -0.4 is 4.74 Å². The lowest BCUT2D eigenvalue weighted by Gasteiger charge is -2.20. The number of aryl methyl sites for hydroxylation is 1. The maximum Gasteiger partial charge on any atom is 0.339 e. The minimum absolute atomic E-state index is 0.0462. The number of ether oxygens (including phenoxy) is 2. The predicted octanol–water partition coefficient (Wildman–Crippen LogP) is 5.78. The van der Waals surface area contributed by atoms with Crippen LogP contribution in [-0.2, 0) is 24.2 Å². The maximum atomic E-state index is 12.7. The van der Waals surface area contributed by atoms with Gasteiger partial charge in [-0.1, -0.05) is 54.6 Å². The van der Waals surface area contributed by atoms with Crippen molar-refractivity contribution in [2.75, 3.05) is 6.61 Å². The summed E-state index contributed by atoms with van der Waals surface area (Å²) in [7, 11) is 0. The third-order valence-electron chi connectivity index (χ3n) is 5.09. The summed E-state index contributed by atoms with van der Waals surface area (Å²) in [5.74, 6) is -0.347. The second-order valence-corrected chi connectivity index (χ2v) is 8.69. The van der Waals surface area contributed by atoms with E-state index in [0.717, 1.165) is 28.1 Å². The van der Waals surface area contributed by atoms with Gasteiger partial charge in [-0.25, -0.2) is 4.79 Å². The first-order valence-electron chi connectivity index (χ1n) is 11.2. The molecule has 3 rings (SSSR count). The van der Waals surface area contributed by atoms with Gasteiger partial charge in [-0.3, -0.25) is 4.57 Å². The monoisotopic (exact) mass is 449 g/mol. The van der Waals surface area contributed by atoms with Gasteiger partial charge in [0.15, 0.2) is 0 Å². The fraction of sp³-hybridized carbons (Fsp3) is 0.385. The van der Waals surface area contributed by atoms with Gasteiger partial charge < -0.3 is 9.47 Å². The number of esters is 1. The lowest BCUT2D eigenvalue weighted by atomic mass is 9.98. The molecule has 7 nitrogen and oxygen atoms in total. The van der Waals surface area contributed by atoms with E-state index >= 15 is 0 Å². The van der Waals surface area contributed by atoms with Crippen LogP contribution in [-0.4, -0.2) is 27.7 Å². The zero-order valence-electron chi connectivity index (χ0n) is 19.9. The first-order valence-corrected chi connectivity index (χ1v) is 11.2. The smallest absolute Gasteiger partial charge is 0.339 e. The average Bonchev–Trinajstić information content (AvgIpc) is 3.10. The number of hydrogen-bond donors (Lipinski definition) is 0. The fourth-order valence-corrected chi connectivity index (χ4v) is 3.65. The fourth-order valence-electron chi connectivity index (χ4n) is 3.65. The summed E-state index contributed by atoms with van der Waals surface area (Å²) in [6.07, 6.45) is 0.693. The van der Waals surface area contributed by atoms with Gasteiger partial charge in [0.05, 0.1) is 30.1 Å². The highest BCUT2D eigenvalue weighted by atomic mass is 16.6. The Bertz CT molecular complexity index is 1110. The quantitative estimate of drug-likeness (QED) is 0.305. The zero-order valence-corrected chi connectivity index (χ0v) is 19.9. The molecule has 3 aromatic rings. The van der Waals surface area contributed by atoms with E-state index in [2.05, 4.69) is 10.2 Å². The van der Waals surface area contributed by atoms with E-state index < -0.39 is 5.60 Å². The van der Waals surface area contributed by atoms with Gasteiger partial charge in [0.25, 0.3) is 6.01 Å². The van der Waals surface area contributed by atoms with Gasteiger partial charge in [-0.2, -0.15) is 9.89 Å². The molecule has 0 radical (unpaired) electrons. The highest BCUT2D eigenvalue weighted by Gasteiger charge is 2.21. The van der Waals surface area contributed by atoms with E-state index in [9.17, 15) is 9.70 Å². The van der Waals surface area contributed by atoms with E-state index in [1.54, 1.807) is 6.07 Å². The van der Waals surface area contributed by atoms with Crippen LogP contribution in [0.15, 0.2) is 53.7 Å². The summed E-state index contributed by atoms with van der Waals surface area (Å²) in [6.45, 7) is 10.5. The summed E-state index contributed by atoms with van der Waals surface area (Å²) < 4.78 is 13.2. The Morgan fingerprint density at radius 3 is 2.36 bits per heavy atom. The lowest BCUT2D eigenvalue weighted by molar-refractivity contribution is 0.00704. The molecular formula is C26H31N3O4. The predicted molar refractivity (Wildman–Crippen MR) is 128 cm³/mol. The molecule has 1 heterocycles. The van der Waals surface area contributed by atoms with E-state index in [0.29, 0.717) is 31.1 Å². The molecule has 174 valence electrons. The SMILES string of the molecule is CCOc1nc(CC)c(CN=O)n1Cc1ccc(-c2ccccc2C(=O)OC(C)(C)C)cc1. The Kier molecular flexibility index (Phi) is 7.63. The molecule has 0 aliphatic heterocycles. The van der Waals surface area contributed by atoms with Crippen molar-refractivity contribution in [3.8, 4) is 17.1 Å². The van der Waals surface area contributed by atoms with Crippen LogP contribution in [0.3, 0.4) is 0 Å². The molecule has 0 atom stereocenters. The second kappa shape index (κ2) is 10.4. The highest BCUT2D eigenvalue weighted by molar-refractivity contribution is 5.97. The normalized spacial score (nSPS) is 11.3. The van der Waals surface area contributed by atoms with Crippen molar-refractivity contribution in [3.63, 3.8) is 0 Å². The average molecular weight is 450 g/mol. The minimum Gasteiger partial charge on any atom is -0.465 e. The van der Waals surface area contributed by atoms with Crippen LogP contribution in [0.5, 0.6) is 6.01 Å². The Hall–Kier alpha value is -3.48.